The first-order valence-corrected chi connectivity index (χ1v) is 6.80. The summed E-state index contributed by atoms with van der Waals surface area (Å²) in [6.07, 6.45) is 1.84. The highest BCUT2D eigenvalue weighted by molar-refractivity contribution is 9.10. The number of hydrogen-bond donors (Lipinski definition) is 0. The lowest BCUT2D eigenvalue weighted by molar-refractivity contribution is 0.289. The summed E-state index contributed by atoms with van der Waals surface area (Å²) in [4.78, 5) is 0. The maximum atomic E-state index is 5.91. The molecule has 0 spiro atoms. The number of ether oxygens (including phenoxy) is 1. The van der Waals surface area contributed by atoms with Crippen LogP contribution in [0.3, 0.4) is 0 Å². The second-order valence-corrected chi connectivity index (χ2v) is 5.40. The van der Waals surface area contributed by atoms with Gasteiger partial charge >= 0.3 is 0 Å². The molecule has 1 unspecified atom stereocenters. The number of alkyl halides is 1. The van der Waals surface area contributed by atoms with E-state index in [4.69, 9.17) is 16.3 Å². The van der Waals surface area contributed by atoms with Crippen LogP contribution in [0, 0.1) is 0 Å². The van der Waals surface area contributed by atoms with Gasteiger partial charge in [-0.25, -0.2) is 4.68 Å². The van der Waals surface area contributed by atoms with Crippen LogP contribution in [0.2, 0.25) is 0 Å². The van der Waals surface area contributed by atoms with Crippen LogP contribution in [0.1, 0.15) is 18.0 Å². The summed E-state index contributed by atoms with van der Waals surface area (Å²) in [7, 11) is 0. The predicted molar refractivity (Wildman–Crippen MR) is 73.9 cm³/mol. The molecule has 0 N–H and O–H groups in total. The van der Waals surface area contributed by atoms with Crippen LogP contribution in [0.15, 0.2) is 34.9 Å². The lowest BCUT2D eigenvalue weighted by atomic mass is 10.3. The molecule has 6 heteroatoms. The van der Waals surface area contributed by atoms with Crippen LogP contribution < -0.4 is 4.74 Å². The molecule has 0 amide bonds. The Balaban J connectivity index is 1.84. The third-order valence-corrected chi connectivity index (χ3v) is 3.07. The molecule has 0 aliphatic heterocycles. The minimum atomic E-state index is -0.121. The Morgan fingerprint density at radius 1 is 1.50 bits per heavy atom. The quantitative estimate of drug-likeness (QED) is 0.789. The van der Waals surface area contributed by atoms with Crippen molar-refractivity contribution >= 4 is 27.5 Å². The van der Waals surface area contributed by atoms with Crippen molar-refractivity contribution in [1.29, 1.82) is 0 Å². The Hall–Kier alpha value is -1.07. The number of aromatic nitrogens is 3. The molecule has 0 aliphatic rings. The Kier molecular flexibility index (Phi) is 4.60. The number of rotatable bonds is 5. The Labute approximate surface area is 119 Å². The van der Waals surface area contributed by atoms with E-state index in [2.05, 4.69) is 26.2 Å². The zero-order valence-electron chi connectivity index (χ0n) is 9.88. The molecule has 0 saturated carbocycles. The van der Waals surface area contributed by atoms with E-state index >= 15 is 0 Å². The molecule has 1 aromatic heterocycles. The maximum Gasteiger partial charge on any atom is 0.120 e. The third-order valence-electron chi connectivity index (χ3n) is 2.35. The normalized spacial score (nSPS) is 12.4. The second kappa shape index (κ2) is 6.20. The number of halogens is 2. The highest BCUT2D eigenvalue weighted by atomic mass is 79.9. The summed E-state index contributed by atoms with van der Waals surface area (Å²) in [5.41, 5.74) is 0.777. The van der Waals surface area contributed by atoms with Crippen LogP contribution in [-0.4, -0.2) is 21.6 Å². The topological polar surface area (TPSA) is 39.9 Å². The van der Waals surface area contributed by atoms with E-state index in [1.54, 1.807) is 4.68 Å². The molecule has 0 aliphatic carbocycles. The highest BCUT2D eigenvalue weighted by Gasteiger charge is 2.06. The second-order valence-electron chi connectivity index (χ2n) is 3.83. The SMILES string of the molecule is CC(Cl)c1cn(CCOc2cccc(Br)c2)nn1. The minimum Gasteiger partial charge on any atom is -0.492 e. The summed E-state index contributed by atoms with van der Waals surface area (Å²) in [5, 5.41) is 7.83. The molecule has 2 rings (SSSR count). The number of hydrogen-bond acceptors (Lipinski definition) is 3. The van der Waals surface area contributed by atoms with Crippen molar-refractivity contribution in [2.75, 3.05) is 6.61 Å². The van der Waals surface area contributed by atoms with Crippen molar-refractivity contribution in [3.8, 4) is 5.75 Å². The van der Waals surface area contributed by atoms with Crippen molar-refractivity contribution in [2.24, 2.45) is 0 Å². The van der Waals surface area contributed by atoms with Gasteiger partial charge in [-0.15, -0.1) is 16.7 Å². The van der Waals surface area contributed by atoms with E-state index in [1.807, 2.05) is 37.4 Å². The molecule has 0 radical (unpaired) electrons. The fourth-order valence-corrected chi connectivity index (χ4v) is 1.90. The number of nitrogens with zero attached hydrogens (tertiary/aromatic N) is 3. The minimum absolute atomic E-state index is 0.121. The fraction of sp³-hybridized carbons (Fsp3) is 0.333. The van der Waals surface area contributed by atoms with Crippen LogP contribution in [0.5, 0.6) is 5.75 Å². The predicted octanol–water partition coefficient (Wildman–Crippen LogP) is 3.42. The van der Waals surface area contributed by atoms with Crippen molar-refractivity contribution < 1.29 is 4.74 Å². The van der Waals surface area contributed by atoms with Gasteiger partial charge in [0.2, 0.25) is 0 Å². The lowest BCUT2D eigenvalue weighted by Gasteiger charge is -2.05. The van der Waals surface area contributed by atoms with Gasteiger partial charge in [0, 0.05) is 4.47 Å². The molecule has 0 saturated heterocycles. The Morgan fingerprint density at radius 2 is 2.33 bits per heavy atom. The van der Waals surface area contributed by atoms with Crippen molar-refractivity contribution in [1.82, 2.24) is 15.0 Å². The van der Waals surface area contributed by atoms with Crippen LogP contribution in [-0.2, 0) is 6.54 Å². The third kappa shape index (κ3) is 3.71. The number of benzene rings is 1. The molecule has 1 atom stereocenters. The van der Waals surface area contributed by atoms with E-state index < -0.39 is 0 Å². The monoisotopic (exact) mass is 329 g/mol. The standard InChI is InChI=1S/C12H13BrClN3O/c1-9(14)12-8-17(16-15-12)5-6-18-11-4-2-3-10(13)7-11/h2-4,7-9H,5-6H2,1H3. The van der Waals surface area contributed by atoms with Gasteiger partial charge in [0.15, 0.2) is 0 Å². The van der Waals surface area contributed by atoms with Crippen LogP contribution >= 0.6 is 27.5 Å². The van der Waals surface area contributed by atoms with Crippen molar-refractivity contribution in [3.63, 3.8) is 0 Å². The lowest BCUT2D eigenvalue weighted by Crippen LogP contribution is -2.08. The summed E-state index contributed by atoms with van der Waals surface area (Å²) < 4.78 is 8.34. The first-order valence-electron chi connectivity index (χ1n) is 5.57. The maximum absolute atomic E-state index is 5.91. The summed E-state index contributed by atoms with van der Waals surface area (Å²) >= 11 is 9.31. The molecule has 18 heavy (non-hydrogen) atoms. The van der Waals surface area contributed by atoms with Gasteiger partial charge in [0.05, 0.1) is 18.1 Å². The van der Waals surface area contributed by atoms with Crippen LogP contribution in [0.25, 0.3) is 0 Å². The largest absolute Gasteiger partial charge is 0.492 e. The smallest absolute Gasteiger partial charge is 0.120 e. The molecule has 1 aromatic carbocycles. The van der Waals surface area contributed by atoms with Gasteiger partial charge in [-0.3, -0.25) is 0 Å². The van der Waals surface area contributed by atoms with E-state index in [-0.39, 0.29) is 5.38 Å². The fourth-order valence-electron chi connectivity index (χ4n) is 1.42. The summed E-state index contributed by atoms with van der Waals surface area (Å²) in [6, 6.07) is 7.73. The molecule has 1 heterocycles. The van der Waals surface area contributed by atoms with Crippen molar-refractivity contribution in [3.05, 3.63) is 40.6 Å². The average molecular weight is 331 g/mol. The van der Waals surface area contributed by atoms with E-state index in [1.165, 1.54) is 0 Å². The summed E-state index contributed by atoms with van der Waals surface area (Å²) in [5.74, 6) is 0.829. The zero-order valence-corrected chi connectivity index (χ0v) is 12.2. The van der Waals surface area contributed by atoms with Gasteiger partial charge in [0.1, 0.15) is 18.1 Å². The summed E-state index contributed by atoms with van der Waals surface area (Å²) in [6.45, 7) is 3.05. The highest BCUT2D eigenvalue weighted by Crippen LogP contribution is 2.18. The molecule has 96 valence electrons. The molecular formula is C12H13BrClN3O. The van der Waals surface area contributed by atoms with Gasteiger partial charge in [-0.1, -0.05) is 27.2 Å². The first kappa shape index (κ1) is 13.4. The van der Waals surface area contributed by atoms with E-state index in [0.29, 0.717) is 13.2 Å². The van der Waals surface area contributed by atoms with Crippen molar-refractivity contribution in [2.45, 2.75) is 18.8 Å². The Bertz CT molecular complexity index is 516. The van der Waals surface area contributed by atoms with Crippen LogP contribution in [0.4, 0.5) is 0 Å². The van der Waals surface area contributed by atoms with Gasteiger partial charge in [-0.05, 0) is 25.1 Å². The molecule has 4 nitrogen and oxygen atoms in total. The average Bonchev–Trinajstić information content (AvgIpc) is 2.78. The molecular weight excluding hydrogens is 318 g/mol. The molecule has 0 fully saturated rings. The first-order chi connectivity index (χ1) is 8.65. The Morgan fingerprint density at radius 3 is 3.00 bits per heavy atom. The molecule has 2 aromatic rings. The van der Waals surface area contributed by atoms with E-state index in [9.17, 15) is 0 Å². The van der Waals surface area contributed by atoms with Gasteiger partial charge < -0.3 is 4.74 Å². The van der Waals surface area contributed by atoms with Gasteiger partial charge in [0.25, 0.3) is 0 Å². The molecule has 0 bridgehead atoms. The van der Waals surface area contributed by atoms with Gasteiger partial charge in [-0.2, -0.15) is 0 Å². The zero-order chi connectivity index (χ0) is 13.0. The van der Waals surface area contributed by atoms with E-state index in [0.717, 1.165) is 15.9 Å².